The van der Waals surface area contributed by atoms with E-state index in [0.717, 1.165) is 38.9 Å². The zero-order valence-electron chi connectivity index (χ0n) is 11.8. The topological polar surface area (TPSA) is 41.0 Å². The van der Waals surface area contributed by atoms with E-state index in [4.69, 9.17) is 11.6 Å². The van der Waals surface area contributed by atoms with Crippen molar-refractivity contribution < 1.29 is 13.2 Å². The van der Waals surface area contributed by atoms with Crippen LogP contribution in [0.5, 0.6) is 0 Å². The molecule has 1 aliphatic heterocycles. The second kappa shape index (κ2) is 6.79. The van der Waals surface area contributed by atoms with Crippen molar-refractivity contribution >= 4 is 17.4 Å². The molecule has 0 atom stereocenters. The number of nitrogens with zero attached hydrogens (tertiary/aromatic N) is 3. The van der Waals surface area contributed by atoms with Crippen molar-refractivity contribution in [1.82, 2.24) is 14.9 Å². The summed E-state index contributed by atoms with van der Waals surface area (Å²) in [4.78, 5) is 9.08. The number of rotatable bonds is 4. The molecule has 0 aliphatic carbocycles. The lowest BCUT2D eigenvalue weighted by atomic mass is 10.0. The van der Waals surface area contributed by atoms with Crippen molar-refractivity contribution in [3.8, 4) is 0 Å². The van der Waals surface area contributed by atoms with Gasteiger partial charge in [-0.2, -0.15) is 13.2 Å². The monoisotopic (exact) mass is 322 g/mol. The molecule has 2 heterocycles. The van der Waals surface area contributed by atoms with Crippen LogP contribution in [0.25, 0.3) is 0 Å². The first kappa shape index (κ1) is 16.3. The van der Waals surface area contributed by atoms with Gasteiger partial charge in [-0.1, -0.05) is 18.5 Å². The molecule has 4 nitrogen and oxygen atoms in total. The Morgan fingerprint density at radius 3 is 2.57 bits per heavy atom. The highest BCUT2D eigenvalue weighted by molar-refractivity contribution is 6.29. The van der Waals surface area contributed by atoms with E-state index >= 15 is 0 Å². The lowest BCUT2D eigenvalue weighted by Gasteiger charge is -2.32. The number of hydrogen-bond donors (Lipinski definition) is 1. The van der Waals surface area contributed by atoms with Gasteiger partial charge in [-0.05, 0) is 25.8 Å². The van der Waals surface area contributed by atoms with Crippen LogP contribution in [0.1, 0.15) is 32.0 Å². The Morgan fingerprint density at radius 1 is 1.33 bits per heavy atom. The largest absolute Gasteiger partial charge is 0.451 e. The highest BCUT2D eigenvalue weighted by Crippen LogP contribution is 2.28. The summed E-state index contributed by atoms with van der Waals surface area (Å²) >= 11 is 5.64. The fourth-order valence-electron chi connectivity index (χ4n) is 2.44. The fraction of sp³-hybridized carbons (Fsp3) is 0.692. The molecule has 0 bridgehead atoms. The third-order valence-corrected chi connectivity index (χ3v) is 3.62. The molecule has 0 unspecified atom stereocenters. The number of piperidine rings is 1. The SMILES string of the molecule is CCCN1CCC(Nc2cc(Cl)nc(C(F)(F)F)n2)CC1. The van der Waals surface area contributed by atoms with Gasteiger partial charge < -0.3 is 10.2 Å². The van der Waals surface area contributed by atoms with Crippen LogP contribution in [-0.2, 0) is 6.18 Å². The number of anilines is 1. The molecule has 0 spiro atoms. The molecule has 118 valence electrons. The Bertz CT molecular complexity index is 473. The highest BCUT2D eigenvalue weighted by atomic mass is 35.5. The van der Waals surface area contributed by atoms with E-state index in [9.17, 15) is 13.2 Å². The molecule has 1 fully saturated rings. The van der Waals surface area contributed by atoms with Crippen LogP contribution in [0.4, 0.5) is 19.0 Å². The summed E-state index contributed by atoms with van der Waals surface area (Å²) in [7, 11) is 0. The second-order valence-electron chi connectivity index (χ2n) is 5.16. The van der Waals surface area contributed by atoms with Crippen LogP contribution < -0.4 is 5.32 Å². The second-order valence-corrected chi connectivity index (χ2v) is 5.54. The molecule has 1 N–H and O–H groups in total. The van der Waals surface area contributed by atoms with E-state index in [2.05, 4.69) is 27.1 Å². The molecule has 1 saturated heterocycles. The number of aromatic nitrogens is 2. The summed E-state index contributed by atoms with van der Waals surface area (Å²) in [6, 6.07) is 1.44. The number of halogens is 4. The first-order chi connectivity index (χ1) is 9.88. The van der Waals surface area contributed by atoms with Crippen LogP contribution >= 0.6 is 11.6 Å². The van der Waals surface area contributed by atoms with E-state index in [1.165, 1.54) is 6.07 Å². The smallest absolute Gasteiger partial charge is 0.367 e. The fourth-order valence-corrected chi connectivity index (χ4v) is 2.63. The zero-order valence-corrected chi connectivity index (χ0v) is 12.5. The van der Waals surface area contributed by atoms with Gasteiger partial charge in [-0.25, -0.2) is 9.97 Å². The minimum atomic E-state index is -4.59. The first-order valence-electron chi connectivity index (χ1n) is 6.99. The average molecular weight is 323 g/mol. The van der Waals surface area contributed by atoms with Crippen LogP contribution in [0.15, 0.2) is 6.07 Å². The summed E-state index contributed by atoms with van der Waals surface area (Å²) in [5.74, 6) is -1.07. The molecule has 1 aromatic rings. The summed E-state index contributed by atoms with van der Waals surface area (Å²) in [5.41, 5.74) is 0. The molecule has 1 aromatic heterocycles. The maximum Gasteiger partial charge on any atom is 0.451 e. The number of hydrogen-bond acceptors (Lipinski definition) is 4. The average Bonchev–Trinajstić information content (AvgIpc) is 2.40. The van der Waals surface area contributed by atoms with Crippen molar-refractivity contribution in [3.63, 3.8) is 0 Å². The van der Waals surface area contributed by atoms with Crippen LogP contribution in [0, 0.1) is 0 Å². The van der Waals surface area contributed by atoms with E-state index in [1.807, 2.05) is 0 Å². The van der Waals surface area contributed by atoms with Crippen molar-refractivity contribution in [2.75, 3.05) is 25.0 Å². The minimum Gasteiger partial charge on any atom is -0.367 e. The lowest BCUT2D eigenvalue weighted by molar-refractivity contribution is -0.144. The predicted molar refractivity (Wildman–Crippen MR) is 75.4 cm³/mol. The Labute approximate surface area is 126 Å². The number of likely N-dealkylation sites (tertiary alicyclic amines) is 1. The van der Waals surface area contributed by atoms with Crippen molar-refractivity contribution in [2.45, 2.75) is 38.4 Å². The van der Waals surface area contributed by atoms with Crippen molar-refractivity contribution in [1.29, 1.82) is 0 Å². The molecule has 0 amide bonds. The van der Waals surface area contributed by atoms with Crippen LogP contribution in [0.2, 0.25) is 5.15 Å². The van der Waals surface area contributed by atoms with Gasteiger partial charge in [-0.15, -0.1) is 0 Å². The molecule has 0 saturated carbocycles. The van der Waals surface area contributed by atoms with Gasteiger partial charge in [0.15, 0.2) is 0 Å². The number of nitrogens with one attached hydrogen (secondary N) is 1. The molecule has 0 aromatic carbocycles. The summed E-state index contributed by atoms with van der Waals surface area (Å²) in [6.07, 6.45) is -1.73. The summed E-state index contributed by atoms with van der Waals surface area (Å²) < 4.78 is 37.9. The van der Waals surface area contributed by atoms with Crippen molar-refractivity contribution in [3.05, 3.63) is 17.0 Å². The van der Waals surface area contributed by atoms with E-state index < -0.39 is 12.0 Å². The lowest BCUT2D eigenvalue weighted by Crippen LogP contribution is -2.39. The van der Waals surface area contributed by atoms with E-state index in [0.29, 0.717) is 0 Å². The molecule has 2 rings (SSSR count). The quantitative estimate of drug-likeness (QED) is 0.862. The normalized spacial score (nSPS) is 18.0. The van der Waals surface area contributed by atoms with Gasteiger partial charge in [0.2, 0.25) is 5.82 Å². The Morgan fingerprint density at radius 2 is 2.00 bits per heavy atom. The van der Waals surface area contributed by atoms with Crippen LogP contribution in [-0.4, -0.2) is 40.5 Å². The van der Waals surface area contributed by atoms with E-state index in [-0.39, 0.29) is 17.0 Å². The van der Waals surface area contributed by atoms with Gasteiger partial charge in [0.05, 0.1) is 0 Å². The van der Waals surface area contributed by atoms with Gasteiger partial charge >= 0.3 is 6.18 Å². The third-order valence-electron chi connectivity index (χ3n) is 3.43. The molecule has 21 heavy (non-hydrogen) atoms. The zero-order chi connectivity index (χ0) is 15.5. The van der Waals surface area contributed by atoms with Gasteiger partial charge in [0, 0.05) is 25.2 Å². The molecular weight excluding hydrogens is 305 g/mol. The molecular formula is C13H18ClF3N4. The predicted octanol–water partition coefficient (Wildman–Crippen LogP) is 3.44. The molecule has 8 heteroatoms. The van der Waals surface area contributed by atoms with E-state index in [1.54, 1.807) is 0 Å². The van der Waals surface area contributed by atoms with Crippen molar-refractivity contribution in [2.24, 2.45) is 0 Å². The van der Waals surface area contributed by atoms with Crippen LogP contribution in [0.3, 0.4) is 0 Å². The third kappa shape index (κ3) is 4.71. The van der Waals surface area contributed by atoms with Gasteiger partial charge in [-0.3, -0.25) is 0 Å². The van der Waals surface area contributed by atoms with Gasteiger partial charge in [0.1, 0.15) is 11.0 Å². The summed E-state index contributed by atoms with van der Waals surface area (Å²) in [5, 5.41) is 2.83. The van der Waals surface area contributed by atoms with Gasteiger partial charge in [0.25, 0.3) is 0 Å². The first-order valence-corrected chi connectivity index (χ1v) is 7.37. The Hall–Kier alpha value is -1.08. The summed E-state index contributed by atoms with van der Waals surface area (Å²) in [6.45, 7) is 5.07. The minimum absolute atomic E-state index is 0.116. The highest BCUT2D eigenvalue weighted by Gasteiger charge is 2.35. The molecule has 0 radical (unpaired) electrons. The molecule has 1 aliphatic rings. The Kier molecular flexibility index (Phi) is 5.27. The standard InChI is InChI=1S/C13H18ClF3N4/c1-2-5-21-6-3-9(4-7-21)18-11-8-10(14)19-12(20-11)13(15,16)17/h8-9H,2-7H2,1H3,(H,18,19,20). The Balaban J connectivity index is 1.99. The maximum absolute atomic E-state index is 12.6. The number of alkyl halides is 3. The maximum atomic E-state index is 12.6.